The van der Waals surface area contributed by atoms with Crippen LogP contribution in [-0.4, -0.2) is 0 Å². The van der Waals surface area contributed by atoms with Crippen LogP contribution in [0.3, 0.4) is 0 Å². The summed E-state index contributed by atoms with van der Waals surface area (Å²) in [4.78, 5) is 0. The molecule has 1 unspecified atom stereocenters. The van der Waals surface area contributed by atoms with Gasteiger partial charge in [0.2, 0.25) is 0 Å². The molecule has 1 atom stereocenters. The predicted molar refractivity (Wildman–Crippen MR) is 69.9 cm³/mol. The summed E-state index contributed by atoms with van der Waals surface area (Å²) in [6, 6.07) is 18.2. The summed E-state index contributed by atoms with van der Waals surface area (Å²) < 4.78 is 0. The highest BCUT2D eigenvalue weighted by Crippen LogP contribution is 2.30. The van der Waals surface area contributed by atoms with E-state index in [2.05, 4.69) is 18.7 Å². The van der Waals surface area contributed by atoms with Crippen molar-refractivity contribution >= 4 is 11.6 Å². The highest BCUT2D eigenvalue weighted by Gasteiger charge is 2.12. The van der Waals surface area contributed by atoms with E-state index in [1.165, 1.54) is 5.56 Å². The maximum atomic E-state index is 6.20. The maximum Gasteiger partial charge on any atom is 0.0447 e. The van der Waals surface area contributed by atoms with Crippen LogP contribution in [0.15, 0.2) is 67.3 Å². The van der Waals surface area contributed by atoms with Crippen molar-refractivity contribution in [2.24, 2.45) is 0 Å². The number of allylic oxidation sites excluding steroid dienone is 1. The van der Waals surface area contributed by atoms with Gasteiger partial charge in [-0.1, -0.05) is 66.2 Å². The normalized spacial score (nSPS) is 12.1. The van der Waals surface area contributed by atoms with E-state index in [0.29, 0.717) is 0 Å². The van der Waals surface area contributed by atoms with Crippen LogP contribution >= 0.6 is 11.6 Å². The molecule has 2 aromatic rings. The van der Waals surface area contributed by atoms with E-state index in [9.17, 15) is 0 Å². The smallest absolute Gasteiger partial charge is 0.0447 e. The molecule has 0 saturated carbocycles. The number of hydrogen-bond acceptors (Lipinski definition) is 0. The Hall–Kier alpha value is -1.53. The molecule has 16 heavy (non-hydrogen) atoms. The summed E-state index contributed by atoms with van der Waals surface area (Å²) in [7, 11) is 0. The zero-order valence-electron chi connectivity index (χ0n) is 8.94. The molecule has 0 aliphatic carbocycles. The molecular formula is C15H13Cl. The molecule has 0 aliphatic heterocycles. The van der Waals surface area contributed by atoms with Crippen LogP contribution in [0.5, 0.6) is 0 Å². The molecule has 0 bridgehead atoms. The lowest BCUT2D eigenvalue weighted by molar-refractivity contribution is 1.03. The second-order valence-corrected chi connectivity index (χ2v) is 4.05. The van der Waals surface area contributed by atoms with Gasteiger partial charge in [0.25, 0.3) is 0 Å². The minimum Gasteiger partial charge on any atom is -0.102 e. The first-order valence-corrected chi connectivity index (χ1v) is 5.62. The fraction of sp³-hybridized carbons (Fsp3) is 0.0667. The van der Waals surface area contributed by atoms with Crippen LogP contribution in [0.2, 0.25) is 5.02 Å². The molecule has 0 amide bonds. The van der Waals surface area contributed by atoms with E-state index in [1.54, 1.807) is 0 Å². The number of benzene rings is 2. The molecule has 1 heteroatoms. The molecule has 0 aromatic heterocycles. The lowest BCUT2D eigenvalue weighted by atomic mass is 9.91. The van der Waals surface area contributed by atoms with Gasteiger partial charge in [0.05, 0.1) is 0 Å². The van der Waals surface area contributed by atoms with E-state index in [4.69, 9.17) is 11.6 Å². The van der Waals surface area contributed by atoms with Gasteiger partial charge in [0.15, 0.2) is 0 Å². The van der Waals surface area contributed by atoms with Crippen LogP contribution in [0.4, 0.5) is 0 Å². The van der Waals surface area contributed by atoms with Crippen molar-refractivity contribution in [2.75, 3.05) is 0 Å². The van der Waals surface area contributed by atoms with Crippen LogP contribution in [0, 0.1) is 0 Å². The summed E-state index contributed by atoms with van der Waals surface area (Å²) in [6.45, 7) is 3.90. The van der Waals surface area contributed by atoms with E-state index < -0.39 is 0 Å². The van der Waals surface area contributed by atoms with E-state index in [-0.39, 0.29) is 5.92 Å². The van der Waals surface area contributed by atoms with Gasteiger partial charge in [0.1, 0.15) is 0 Å². The van der Waals surface area contributed by atoms with E-state index >= 15 is 0 Å². The highest BCUT2D eigenvalue weighted by atomic mass is 35.5. The molecular weight excluding hydrogens is 216 g/mol. The summed E-state index contributed by atoms with van der Waals surface area (Å²) in [5, 5.41) is 0.788. The van der Waals surface area contributed by atoms with Crippen LogP contribution in [0.1, 0.15) is 17.0 Å². The lowest BCUT2D eigenvalue weighted by Crippen LogP contribution is -1.97. The van der Waals surface area contributed by atoms with Crippen molar-refractivity contribution in [3.63, 3.8) is 0 Å². The summed E-state index contributed by atoms with van der Waals surface area (Å²) in [5.41, 5.74) is 2.32. The average Bonchev–Trinajstić information content (AvgIpc) is 2.34. The molecule has 80 valence electrons. The maximum absolute atomic E-state index is 6.20. The Labute approximate surface area is 101 Å². The molecule has 0 N–H and O–H groups in total. The second kappa shape index (κ2) is 5.00. The fourth-order valence-electron chi connectivity index (χ4n) is 1.83. The van der Waals surface area contributed by atoms with Crippen LogP contribution in [0.25, 0.3) is 0 Å². The Bertz CT molecular complexity index is 474. The highest BCUT2D eigenvalue weighted by molar-refractivity contribution is 6.31. The van der Waals surface area contributed by atoms with Gasteiger partial charge in [-0.05, 0) is 17.2 Å². The Morgan fingerprint density at radius 3 is 2.19 bits per heavy atom. The minimum atomic E-state index is 0.162. The van der Waals surface area contributed by atoms with Crippen molar-refractivity contribution in [2.45, 2.75) is 5.92 Å². The predicted octanol–water partition coefficient (Wildman–Crippen LogP) is 4.66. The first-order chi connectivity index (χ1) is 7.83. The van der Waals surface area contributed by atoms with Crippen molar-refractivity contribution in [3.8, 4) is 0 Å². The van der Waals surface area contributed by atoms with Gasteiger partial charge in [-0.25, -0.2) is 0 Å². The van der Waals surface area contributed by atoms with E-state index in [1.807, 2.05) is 48.5 Å². The van der Waals surface area contributed by atoms with Crippen molar-refractivity contribution in [1.29, 1.82) is 0 Å². The number of rotatable bonds is 3. The lowest BCUT2D eigenvalue weighted by Gasteiger charge is -2.14. The quantitative estimate of drug-likeness (QED) is 0.671. The van der Waals surface area contributed by atoms with Crippen molar-refractivity contribution in [1.82, 2.24) is 0 Å². The largest absolute Gasteiger partial charge is 0.102 e. The zero-order valence-corrected chi connectivity index (χ0v) is 9.69. The fourth-order valence-corrected chi connectivity index (χ4v) is 2.08. The van der Waals surface area contributed by atoms with Gasteiger partial charge in [-0.15, -0.1) is 6.58 Å². The minimum absolute atomic E-state index is 0.162. The molecule has 0 fully saturated rings. The third-order valence-electron chi connectivity index (χ3n) is 2.63. The Balaban J connectivity index is 2.45. The molecule has 0 saturated heterocycles. The zero-order chi connectivity index (χ0) is 11.4. The van der Waals surface area contributed by atoms with Gasteiger partial charge in [0, 0.05) is 10.9 Å². The van der Waals surface area contributed by atoms with Crippen molar-refractivity contribution in [3.05, 3.63) is 83.4 Å². The van der Waals surface area contributed by atoms with Gasteiger partial charge in [-0.2, -0.15) is 0 Å². The standard InChI is InChI=1S/C15H13Cl/c1-2-13(12-8-4-3-5-9-12)14-10-6-7-11-15(14)16/h2-11,13H,1H2. The summed E-state index contributed by atoms with van der Waals surface area (Å²) in [5.74, 6) is 0.162. The second-order valence-electron chi connectivity index (χ2n) is 3.65. The SMILES string of the molecule is C=CC(c1ccccc1)c1ccccc1Cl. The van der Waals surface area contributed by atoms with Crippen molar-refractivity contribution < 1.29 is 0 Å². The third kappa shape index (κ3) is 2.17. The molecule has 0 radical (unpaired) electrons. The molecule has 0 aliphatic rings. The number of hydrogen-bond donors (Lipinski definition) is 0. The molecule has 2 rings (SSSR count). The Morgan fingerprint density at radius 2 is 1.56 bits per heavy atom. The first-order valence-electron chi connectivity index (χ1n) is 5.25. The average molecular weight is 229 g/mol. The van der Waals surface area contributed by atoms with Gasteiger partial charge >= 0.3 is 0 Å². The number of halogens is 1. The molecule has 0 heterocycles. The summed E-state index contributed by atoms with van der Waals surface area (Å²) >= 11 is 6.20. The molecule has 0 nitrogen and oxygen atoms in total. The van der Waals surface area contributed by atoms with Crippen LogP contribution in [-0.2, 0) is 0 Å². The molecule has 0 spiro atoms. The monoisotopic (exact) mass is 228 g/mol. The Morgan fingerprint density at radius 1 is 0.938 bits per heavy atom. The molecule has 2 aromatic carbocycles. The van der Waals surface area contributed by atoms with Gasteiger partial charge in [-0.3, -0.25) is 0 Å². The summed E-state index contributed by atoms with van der Waals surface area (Å²) in [6.07, 6.45) is 1.93. The Kier molecular flexibility index (Phi) is 3.43. The van der Waals surface area contributed by atoms with Crippen LogP contribution < -0.4 is 0 Å². The third-order valence-corrected chi connectivity index (χ3v) is 2.98. The van der Waals surface area contributed by atoms with E-state index in [0.717, 1.165) is 10.6 Å². The topological polar surface area (TPSA) is 0 Å². The van der Waals surface area contributed by atoms with Gasteiger partial charge < -0.3 is 0 Å². The first kappa shape index (κ1) is 11.0.